The Morgan fingerprint density at radius 3 is 2.21 bits per heavy atom. The number of imidazole rings is 1. The van der Waals surface area contributed by atoms with Crippen LogP contribution in [0.15, 0.2) is 30.3 Å². The van der Waals surface area contributed by atoms with Crippen LogP contribution in [0.2, 0.25) is 0 Å². The minimum Gasteiger partial charge on any atom is -0.391 e. The topological polar surface area (TPSA) is 244 Å². The van der Waals surface area contributed by atoms with Gasteiger partial charge in [0.25, 0.3) is 5.91 Å². The van der Waals surface area contributed by atoms with Crippen molar-refractivity contribution >= 4 is 41.4 Å². The Bertz CT molecular complexity index is 1800. The highest BCUT2D eigenvalue weighted by Gasteiger charge is 2.45. The van der Waals surface area contributed by atoms with Crippen molar-refractivity contribution in [2.75, 3.05) is 6.54 Å². The molecule has 304 valence electrons. The third-order valence-corrected chi connectivity index (χ3v) is 10.7. The van der Waals surface area contributed by atoms with Crippen LogP contribution in [-0.4, -0.2) is 116 Å². The molecule has 3 aliphatic rings. The summed E-state index contributed by atoms with van der Waals surface area (Å²) in [5.41, 5.74) is 1.39. The Balaban J connectivity index is 1.52. The van der Waals surface area contributed by atoms with E-state index in [9.17, 15) is 38.7 Å². The summed E-state index contributed by atoms with van der Waals surface area (Å²) in [7, 11) is 0. The van der Waals surface area contributed by atoms with E-state index in [1.54, 1.807) is 44.2 Å². The molecule has 17 heteroatoms. The number of carbonyl (C=O) groups excluding carboxylic acids is 7. The minimum atomic E-state index is -1.52. The lowest BCUT2D eigenvalue weighted by atomic mass is 9.98. The number of hydrogen-bond donors (Lipinski definition) is 8. The molecule has 1 saturated carbocycles. The summed E-state index contributed by atoms with van der Waals surface area (Å²) in [5.74, 6) is -4.50. The number of aromatic nitrogens is 2. The first-order valence-electron chi connectivity index (χ1n) is 19.4. The van der Waals surface area contributed by atoms with Gasteiger partial charge < -0.3 is 46.9 Å². The summed E-state index contributed by atoms with van der Waals surface area (Å²) in [6.07, 6.45) is 0.377. The molecule has 56 heavy (non-hydrogen) atoms. The monoisotopic (exact) mass is 777 g/mol. The number of nitrogens with zero attached hydrogens (tertiary/aromatic N) is 2. The van der Waals surface area contributed by atoms with Gasteiger partial charge in [-0.3, -0.25) is 33.6 Å². The van der Waals surface area contributed by atoms with Crippen LogP contribution in [0.1, 0.15) is 87.4 Å². The Hall–Kier alpha value is -5.32. The number of hydrogen-bond acceptors (Lipinski definition) is 9. The minimum absolute atomic E-state index is 0.0133. The van der Waals surface area contributed by atoms with Gasteiger partial charge in [-0.05, 0) is 64.9 Å². The van der Waals surface area contributed by atoms with Crippen molar-refractivity contribution in [1.82, 2.24) is 46.8 Å². The molecule has 2 aromatic rings. The molecule has 0 spiro atoms. The standard InChI is InChI=1S/C39H55N9O8/c1-19(2)15-28-35(52)47-32(22(5)49)38(55)46-29(16-24-11-8-7-9-12-24)39(56)48-18-25(43-37(54)31-20(3)40-23(6)42-31)17-30(48)36(53)41-21(4)33(50)44-27-14-10-13-26(27)34(51)45-28/h7-9,11-12,19,21-22,25-30,32,49H,10,13-18H2,1-6H3,(H,40,42)(H,41,53)(H,43,54)(H,44,50)(H,45,51)(H,46,55)(H,47,52)/t21-,22+,25+,26+,27+,28-,29-,30?,32-/m0/s1. The van der Waals surface area contributed by atoms with Gasteiger partial charge in [-0.2, -0.15) is 0 Å². The van der Waals surface area contributed by atoms with Crippen LogP contribution in [0, 0.1) is 25.7 Å². The predicted octanol–water partition coefficient (Wildman–Crippen LogP) is -0.347. The van der Waals surface area contributed by atoms with E-state index in [1.807, 2.05) is 13.8 Å². The highest BCUT2D eigenvalue weighted by atomic mass is 16.3. The van der Waals surface area contributed by atoms with Crippen LogP contribution >= 0.6 is 0 Å². The second kappa shape index (κ2) is 18.1. The van der Waals surface area contributed by atoms with Gasteiger partial charge in [-0.1, -0.05) is 50.6 Å². The number of amides is 7. The van der Waals surface area contributed by atoms with E-state index >= 15 is 0 Å². The summed E-state index contributed by atoms with van der Waals surface area (Å²) in [4.78, 5) is 106. The smallest absolute Gasteiger partial charge is 0.272 e. The maximum Gasteiger partial charge on any atom is 0.272 e. The molecule has 8 N–H and O–H groups in total. The fourth-order valence-electron chi connectivity index (χ4n) is 7.80. The van der Waals surface area contributed by atoms with E-state index < -0.39 is 95.7 Å². The molecule has 0 bridgehead atoms. The van der Waals surface area contributed by atoms with E-state index in [4.69, 9.17) is 0 Å². The largest absolute Gasteiger partial charge is 0.391 e. The number of aliphatic hydroxyl groups is 1. The molecule has 1 unspecified atom stereocenters. The van der Waals surface area contributed by atoms with Gasteiger partial charge in [0.1, 0.15) is 41.7 Å². The summed E-state index contributed by atoms with van der Waals surface area (Å²) in [5, 5.41) is 27.5. The van der Waals surface area contributed by atoms with Crippen LogP contribution in [-0.2, 0) is 35.2 Å². The summed E-state index contributed by atoms with van der Waals surface area (Å²) >= 11 is 0. The van der Waals surface area contributed by atoms with Crippen molar-refractivity contribution in [2.24, 2.45) is 11.8 Å². The maximum atomic E-state index is 14.7. The Kier molecular flexibility index (Phi) is 13.5. The SMILES string of the molecule is Cc1nc(C(=O)N[C@@H]2CC3C(=O)N[C@@H](C)C(=O)N[C@@H]4CCC[C@H]4C(=O)N[C@@H](CC(C)C)C(=O)N[C@@H]([C@@H](C)O)C(=O)N[C@@H](Cc4ccccc4)C(=O)N3C2)c(C)[nH]1. The molecule has 1 aromatic heterocycles. The number of benzene rings is 1. The average Bonchev–Trinajstić information content (AvgIpc) is 3.87. The molecule has 17 nitrogen and oxygen atoms in total. The first kappa shape index (κ1) is 41.8. The predicted molar refractivity (Wildman–Crippen MR) is 203 cm³/mol. The van der Waals surface area contributed by atoms with Gasteiger partial charge in [-0.25, -0.2) is 4.98 Å². The number of fused-ring (bicyclic) bond motifs is 2. The zero-order valence-electron chi connectivity index (χ0n) is 32.8. The molecule has 1 aromatic carbocycles. The fourth-order valence-corrected chi connectivity index (χ4v) is 7.80. The molecule has 5 rings (SSSR count). The lowest BCUT2D eigenvalue weighted by molar-refractivity contribution is -0.143. The third-order valence-electron chi connectivity index (χ3n) is 10.7. The average molecular weight is 778 g/mol. The van der Waals surface area contributed by atoms with Crippen molar-refractivity contribution in [2.45, 2.75) is 128 Å². The number of aliphatic hydroxyl groups excluding tert-OH is 1. The molecule has 7 amide bonds. The first-order valence-corrected chi connectivity index (χ1v) is 19.4. The zero-order chi connectivity index (χ0) is 40.8. The van der Waals surface area contributed by atoms with Crippen LogP contribution in [0.25, 0.3) is 0 Å². The Labute approximate surface area is 326 Å². The van der Waals surface area contributed by atoms with Gasteiger partial charge in [0.05, 0.1) is 12.0 Å². The molecule has 1 aliphatic carbocycles. The molecule has 3 heterocycles. The second-order valence-corrected chi connectivity index (χ2v) is 15.8. The van der Waals surface area contributed by atoms with Crippen molar-refractivity contribution in [3.8, 4) is 0 Å². The van der Waals surface area contributed by atoms with Crippen LogP contribution < -0.4 is 31.9 Å². The van der Waals surface area contributed by atoms with E-state index in [2.05, 4.69) is 41.9 Å². The molecule has 2 aliphatic heterocycles. The van der Waals surface area contributed by atoms with Crippen LogP contribution in [0.3, 0.4) is 0 Å². The zero-order valence-corrected chi connectivity index (χ0v) is 32.8. The number of rotatable bonds is 7. The van der Waals surface area contributed by atoms with Crippen molar-refractivity contribution in [1.29, 1.82) is 0 Å². The highest BCUT2D eigenvalue weighted by molar-refractivity contribution is 5.98. The lowest BCUT2D eigenvalue weighted by Gasteiger charge is -2.31. The van der Waals surface area contributed by atoms with E-state index in [-0.39, 0.29) is 37.4 Å². The van der Waals surface area contributed by atoms with Crippen LogP contribution in [0.4, 0.5) is 0 Å². The van der Waals surface area contributed by atoms with Crippen molar-refractivity contribution in [3.05, 3.63) is 53.1 Å². The first-order chi connectivity index (χ1) is 26.5. The normalized spacial score (nSPS) is 28.8. The quantitative estimate of drug-likeness (QED) is 0.183. The van der Waals surface area contributed by atoms with Gasteiger partial charge in [0, 0.05) is 30.7 Å². The van der Waals surface area contributed by atoms with Gasteiger partial charge in [-0.15, -0.1) is 0 Å². The van der Waals surface area contributed by atoms with E-state index in [0.717, 1.165) is 0 Å². The van der Waals surface area contributed by atoms with Crippen molar-refractivity contribution < 1.29 is 38.7 Å². The Morgan fingerprint density at radius 2 is 1.57 bits per heavy atom. The molecule has 9 atom stereocenters. The van der Waals surface area contributed by atoms with Gasteiger partial charge in [0.2, 0.25) is 35.4 Å². The summed E-state index contributed by atoms with van der Waals surface area (Å²) < 4.78 is 0. The van der Waals surface area contributed by atoms with Gasteiger partial charge >= 0.3 is 0 Å². The van der Waals surface area contributed by atoms with Crippen LogP contribution in [0.5, 0.6) is 0 Å². The molecular formula is C39H55N9O8. The van der Waals surface area contributed by atoms with Gasteiger partial charge in [0.15, 0.2) is 0 Å². The number of nitrogens with one attached hydrogen (secondary N) is 7. The van der Waals surface area contributed by atoms with E-state index in [0.29, 0.717) is 36.3 Å². The number of aryl methyl sites for hydroxylation is 2. The fraction of sp³-hybridized carbons (Fsp3) is 0.590. The molecule has 2 saturated heterocycles. The Morgan fingerprint density at radius 1 is 0.875 bits per heavy atom. The number of carbonyl (C=O) groups is 7. The number of H-pyrrole nitrogens is 1. The third kappa shape index (κ3) is 10.1. The van der Waals surface area contributed by atoms with Crippen molar-refractivity contribution in [3.63, 3.8) is 0 Å². The molecule has 0 radical (unpaired) electrons. The number of aromatic amines is 1. The molecule has 3 fully saturated rings. The summed E-state index contributed by atoms with van der Waals surface area (Å²) in [6, 6.07) is 1.46. The maximum absolute atomic E-state index is 14.7. The lowest BCUT2D eigenvalue weighted by Crippen LogP contribution is -2.61. The second-order valence-electron chi connectivity index (χ2n) is 15.8. The summed E-state index contributed by atoms with van der Waals surface area (Å²) in [6.45, 7) is 9.88. The highest BCUT2D eigenvalue weighted by Crippen LogP contribution is 2.27. The molecular weight excluding hydrogens is 722 g/mol. The van der Waals surface area contributed by atoms with E-state index in [1.165, 1.54) is 18.7 Å².